The Morgan fingerprint density at radius 1 is 1.53 bits per heavy atom. The lowest BCUT2D eigenvalue weighted by Crippen LogP contribution is -2.33. The summed E-state index contributed by atoms with van der Waals surface area (Å²) in [6.07, 6.45) is 5.14. The Bertz CT molecular complexity index is 453. The van der Waals surface area contributed by atoms with Crippen molar-refractivity contribution in [3.63, 3.8) is 0 Å². The summed E-state index contributed by atoms with van der Waals surface area (Å²) in [5, 5.41) is 7.31. The highest BCUT2D eigenvalue weighted by Gasteiger charge is 2.32. The molecule has 1 atom stereocenters. The molecule has 1 aromatic rings. The second kappa shape index (κ2) is 5.33. The average Bonchev–Trinajstić information content (AvgIpc) is 2.91. The van der Waals surface area contributed by atoms with Crippen molar-refractivity contribution in [1.82, 2.24) is 15.4 Å². The van der Waals surface area contributed by atoms with Crippen LogP contribution in [0.1, 0.15) is 49.6 Å². The number of hydrogen-bond donors (Lipinski definition) is 1. The Hall–Kier alpha value is -1.36. The largest absolute Gasteiger partial charge is 0.359 e. The van der Waals surface area contributed by atoms with Crippen LogP contribution in [0.25, 0.3) is 0 Å². The highest BCUT2D eigenvalue weighted by Crippen LogP contribution is 2.32. The van der Waals surface area contributed by atoms with Crippen LogP contribution in [0, 0.1) is 6.92 Å². The summed E-state index contributed by atoms with van der Waals surface area (Å²) in [5.41, 5.74) is 0.879. The number of aromatic nitrogens is 1. The van der Waals surface area contributed by atoms with Gasteiger partial charge in [-0.2, -0.15) is 0 Å². The van der Waals surface area contributed by atoms with Gasteiger partial charge in [0.15, 0.2) is 5.76 Å². The molecular formula is C14H21N3O2. The molecule has 0 bridgehead atoms. The minimum absolute atomic E-state index is 0.0922. The van der Waals surface area contributed by atoms with Gasteiger partial charge < -0.3 is 14.7 Å². The molecule has 3 rings (SSSR count). The molecule has 0 aromatic carbocycles. The number of carbonyl (C=O) groups excluding carboxylic acids is 1. The van der Waals surface area contributed by atoms with Crippen LogP contribution in [0.4, 0.5) is 0 Å². The highest BCUT2D eigenvalue weighted by atomic mass is 16.5. The molecule has 2 aliphatic rings. The smallest absolute Gasteiger partial charge is 0.224 e. The second-order valence-corrected chi connectivity index (χ2v) is 5.59. The minimum Gasteiger partial charge on any atom is -0.359 e. The van der Waals surface area contributed by atoms with Gasteiger partial charge in [-0.05, 0) is 32.6 Å². The van der Waals surface area contributed by atoms with Crippen molar-refractivity contribution in [3.8, 4) is 0 Å². The van der Waals surface area contributed by atoms with Crippen LogP contribution in [0.15, 0.2) is 10.6 Å². The number of nitrogens with zero attached hydrogens (tertiary/aromatic N) is 2. The van der Waals surface area contributed by atoms with Crippen molar-refractivity contribution in [2.24, 2.45) is 0 Å². The number of carbonyl (C=O) groups is 1. The van der Waals surface area contributed by atoms with E-state index in [9.17, 15) is 4.79 Å². The number of amides is 1. The lowest BCUT2D eigenvalue weighted by Gasteiger charge is -2.22. The summed E-state index contributed by atoms with van der Waals surface area (Å²) in [5.74, 6) is 1.06. The Morgan fingerprint density at radius 3 is 3.05 bits per heavy atom. The first-order valence-electron chi connectivity index (χ1n) is 7.20. The van der Waals surface area contributed by atoms with Crippen LogP contribution in [0.5, 0.6) is 0 Å². The molecule has 5 nitrogen and oxygen atoms in total. The Labute approximate surface area is 113 Å². The third-order valence-corrected chi connectivity index (χ3v) is 3.90. The quantitative estimate of drug-likeness (QED) is 0.880. The zero-order chi connectivity index (χ0) is 13.2. The number of aryl methyl sites for hydroxylation is 1. The van der Waals surface area contributed by atoms with E-state index in [2.05, 4.69) is 10.5 Å². The molecule has 0 spiro atoms. The fraction of sp³-hybridized carbons (Fsp3) is 0.714. The van der Waals surface area contributed by atoms with Crippen molar-refractivity contribution < 1.29 is 9.32 Å². The predicted molar refractivity (Wildman–Crippen MR) is 70.6 cm³/mol. The van der Waals surface area contributed by atoms with E-state index in [1.807, 2.05) is 17.9 Å². The third kappa shape index (κ3) is 2.97. The summed E-state index contributed by atoms with van der Waals surface area (Å²) < 4.78 is 5.32. The van der Waals surface area contributed by atoms with Crippen LogP contribution >= 0.6 is 0 Å². The molecule has 1 N–H and O–H groups in total. The van der Waals surface area contributed by atoms with Gasteiger partial charge in [0.1, 0.15) is 0 Å². The standard InChI is InChI=1S/C14H21N3O2/c1-10-9-13(19-16-10)12-3-2-8-17(12)14(18)6-7-15-11-4-5-11/h9,11-12,15H,2-8H2,1H3. The fourth-order valence-corrected chi connectivity index (χ4v) is 2.72. The van der Waals surface area contributed by atoms with E-state index < -0.39 is 0 Å². The van der Waals surface area contributed by atoms with Crippen molar-refractivity contribution in [2.75, 3.05) is 13.1 Å². The van der Waals surface area contributed by atoms with E-state index in [1.165, 1.54) is 12.8 Å². The first-order valence-corrected chi connectivity index (χ1v) is 7.20. The minimum atomic E-state index is 0.0922. The summed E-state index contributed by atoms with van der Waals surface area (Å²) in [6, 6.07) is 2.70. The Kier molecular flexibility index (Phi) is 3.55. The van der Waals surface area contributed by atoms with Crippen LogP contribution in [0.2, 0.25) is 0 Å². The van der Waals surface area contributed by atoms with Gasteiger partial charge in [0.05, 0.1) is 11.7 Å². The van der Waals surface area contributed by atoms with Crippen LogP contribution in [0.3, 0.4) is 0 Å². The monoisotopic (exact) mass is 263 g/mol. The van der Waals surface area contributed by atoms with E-state index in [4.69, 9.17) is 4.52 Å². The molecule has 1 aromatic heterocycles. The summed E-state index contributed by atoms with van der Waals surface area (Å²) in [6.45, 7) is 3.54. The lowest BCUT2D eigenvalue weighted by atomic mass is 10.1. The zero-order valence-electron chi connectivity index (χ0n) is 11.4. The molecule has 104 valence electrons. The van der Waals surface area contributed by atoms with Crippen LogP contribution in [-0.2, 0) is 4.79 Å². The first-order chi connectivity index (χ1) is 9.24. The molecule has 2 fully saturated rings. The predicted octanol–water partition coefficient (Wildman–Crippen LogP) is 1.79. The number of likely N-dealkylation sites (tertiary alicyclic amines) is 1. The van der Waals surface area contributed by atoms with Crippen molar-refractivity contribution in [1.29, 1.82) is 0 Å². The maximum absolute atomic E-state index is 12.3. The van der Waals surface area contributed by atoms with Gasteiger partial charge >= 0.3 is 0 Å². The Balaban J connectivity index is 1.56. The Morgan fingerprint density at radius 2 is 2.37 bits per heavy atom. The van der Waals surface area contributed by atoms with Crippen molar-refractivity contribution in [2.45, 2.75) is 51.1 Å². The second-order valence-electron chi connectivity index (χ2n) is 5.59. The lowest BCUT2D eigenvalue weighted by molar-refractivity contribution is -0.132. The van der Waals surface area contributed by atoms with Gasteiger partial charge in [0.25, 0.3) is 0 Å². The average molecular weight is 263 g/mol. The summed E-state index contributed by atoms with van der Waals surface area (Å²) in [4.78, 5) is 14.2. The van der Waals surface area contributed by atoms with Gasteiger partial charge in [0, 0.05) is 31.6 Å². The van der Waals surface area contributed by atoms with E-state index in [1.54, 1.807) is 0 Å². The molecule has 1 amide bonds. The maximum Gasteiger partial charge on any atom is 0.224 e. The van der Waals surface area contributed by atoms with E-state index >= 15 is 0 Å². The SMILES string of the molecule is Cc1cc(C2CCCN2C(=O)CCNC2CC2)on1. The molecule has 1 saturated heterocycles. The van der Waals surface area contributed by atoms with Gasteiger partial charge in [0.2, 0.25) is 5.91 Å². The van der Waals surface area contributed by atoms with Crippen LogP contribution in [-0.4, -0.2) is 35.1 Å². The molecule has 1 aliphatic heterocycles. The van der Waals surface area contributed by atoms with Gasteiger partial charge in [-0.15, -0.1) is 0 Å². The third-order valence-electron chi connectivity index (χ3n) is 3.90. The molecular weight excluding hydrogens is 242 g/mol. The molecule has 2 heterocycles. The molecule has 1 unspecified atom stereocenters. The zero-order valence-corrected chi connectivity index (χ0v) is 11.4. The van der Waals surface area contributed by atoms with Gasteiger partial charge in [-0.3, -0.25) is 4.79 Å². The van der Waals surface area contributed by atoms with E-state index in [0.29, 0.717) is 12.5 Å². The molecule has 0 radical (unpaired) electrons. The van der Waals surface area contributed by atoms with Crippen LogP contribution < -0.4 is 5.32 Å². The van der Waals surface area contributed by atoms with Crippen molar-refractivity contribution >= 4 is 5.91 Å². The fourth-order valence-electron chi connectivity index (χ4n) is 2.72. The molecule has 1 aliphatic carbocycles. The van der Waals surface area contributed by atoms with E-state index in [-0.39, 0.29) is 11.9 Å². The summed E-state index contributed by atoms with van der Waals surface area (Å²) >= 11 is 0. The van der Waals surface area contributed by atoms with Gasteiger partial charge in [-0.1, -0.05) is 5.16 Å². The molecule has 5 heteroatoms. The van der Waals surface area contributed by atoms with Crippen molar-refractivity contribution in [3.05, 3.63) is 17.5 Å². The normalized spacial score (nSPS) is 23.0. The van der Waals surface area contributed by atoms with E-state index in [0.717, 1.165) is 37.4 Å². The van der Waals surface area contributed by atoms with Gasteiger partial charge in [-0.25, -0.2) is 0 Å². The number of nitrogens with one attached hydrogen (secondary N) is 1. The molecule has 19 heavy (non-hydrogen) atoms. The molecule has 1 saturated carbocycles. The number of hydrogen-bond acceptors (Lipinski definition) is 4. The topological polar surface area (TPSA) is 58.4 Å². The maximum atomic E-state index is 12.3. The first kappa shape index (κ1) is 12.7. The highest BCUT2D eigenvalue weighted by molar-refractivity contribution is 5.77. The summed E-state index contributed by atoms with van der Waals surface area (Å²) in [7, 11) is 0. The number of rotatable bonds is 5.